The molecule has 7 nitrogen and oxygen atoms in total. The van der Waals surface area contributed by atoms with E-state index >= 15 is 0 Å². The smallest absolute Gasteiger partial charge is 0.307 e. The van der Waals surface area contributed by atoms with E-state index in [0.29, 0.717) is 19.4 Å². The van der Waals surface area contributed by atoms with E-state index in [4.69, 9.17) is 5.11 Å². The number of aliphatic carboxylic acids is 1. The monoisotopic (exact) mass is 299 g/mol. The van der Waals surface area contributed by atoms with E-state index < -0.39 is 22.1 Å². The number of aromatic nitrogens is 1. The van der Waals surface area contributed by atoms with Gasteiger partial charge in [-0.05, 0) is 31.4 Å². The molecule has 1 aromatic heterocycles. The summed E-state index contributed by atoms with van der Waals surface area (Å²) in [6.07, 6.45) is 2.61. The first-order valence-corrected chi connectivity index (χ1v) is 7.76. The van der Waals surface area contributed by atoms with Crippen LogP contribution < -0.4 is 4.72 Å². The third kappa shape index (κ3) is 3.45. The third-order valence-corrected chi connectivity index (χ3v) is 4.70. The quantitative estimate of drug-likeness (QED) is 0.858. The van der Waals surface area contributed by atoms with Crippen molar-refractivity contribution < 1.29 is 18.3 Å². The Bertz CT molecular complexity index is 585. The number of carbonyl (C=O) groups is 1. The lowest BCUT2D eigenvalue weighted by Gasteiger charge is -2.29. The van der Waals surface area contributed by atoms with Gasteiger partial charge in [0.25, 0.3) is 0 Å². The predicted molar refractivity (Wildman–Crippen MR) is 73.4 cm³/mol. The Balaban J connectivity index is 2.09. The van der Waals surface area contributed by atoms with Crippen LogP contribution in [-0.2, 0) is 15.0 Å². The fraction of sp³-hybridized carbons (Fsp3) is 0.500. The number of piperidine rings is 1. The van der Waals surface area contributed by atoms with E-state index in [1.807, 2.05) is 6.92 Å². The van der Waals surface area contributed by atoms with Crippen LogP contribution >= 0.6 is 0 Å². The van der Waals surface area contributed by atoms with Gasteiger partial charge in [-0.2, -0.15) is 12.7 Å². The van der Waals surface area contributed by atoms with Crippen LogP contribution in [0.5, 0.6) is 0 Å². The first-order valence-electron chi connectivity index (χ1n) is 6.32. The minimum atomic E-state index is -3.76. The van der Waals surface area contributed by atoms with Crippen LogP contribution in [0.1, 0.15) is 18.4 Å². The number of nitrogens with one attached hydrogen (secondary N) is 1. The number of hydrogen-bond donors (Lipinski definition) is 2. The van der Waals surface area contributed by atoms with Gasteiger partial charge >= 0.3 is 16.2 Å². The molecule has 2 heterocycles. The van der Waals surface area contributed by atoms with Crippen molar-refractivity contribution in [3.8, 4) is 0 Å². The van der Waals surface area contributed by atoms with Crippen LogP contribution in [0.25, 0.3) is 0 Å². The van der Waals surface area contributed by atoms with Crippen molar-refractivity contribution >= 4 is 22.0 Å². The summed E-state index contributed by atoms with van der Waals surface area (Å²) < 4.78 is 27.9. The van der Waals surface area contributed by atoms with Crippen molar-refractivity contribution in [2.24, 2.45) is 5.92 Å². The van der Waals surface area contributed by atoms with Crippen LogP contribution in [0, 0.1) is 12.8 Å². The van der Waals surface area contributed by atoms with Gasteiger partial charge < -0.3 is 5.11 Å². The van der Waals surface area contributed by atoms with Crippen molar-refractivity contribution in [3.05, 3.63) is 23.9 Å². The van der Waals surface area contributed by atoms with Crippen molar-refractivity contribution in [3.63, 3.8) is 0 Å². The summed E-state index contributed by atoms with van der Waals surface area (Å²) in [5, 5.41) is 8.99. The predicted octanol–water partition coefficient (Wildman–Crippen LogP) is 0.843. The SMILES string of the molecule is Cc1ccc(NS(=O)(=O)N2CCCC(C(=O)O)C2)nc1. The van der Waals surface area contributed by atoms with Gasteiger partial charge in [-0.25, -0.2) is 4.98 Å². The van der Waals surface area contributed by atoms with E-state index in [9.17, 15) is 13.2 Å². The Morgan fingerprint density at radius 1 is 1.50 bits per heavy atom. The maximum Gasteiger partial charge on any atom is 0.307 e. The highest BCUT2D eigenvalue weighted by Gasteiger charge is 2.32. The number of pyridine rings is 1. The average molecular weight is 299 g/mol. The normalized spacial score (nSPS) is 20.6. The van der Waals surface area contributed by atoms with Crippen molar-refractivity contribution in [1.82, 2.24) is 9.29 Å². The second-order valence-electron chi connectivity index (χ2n) is 4.86. The Morgan fingerprint density at radius 2 is 2.25 bits per heavy atom. The van der Waals surface area contributed by atoms with Gasteiger partial charge in [0, 0.05) is 19.3 Å². The average Bonchev–Trinajstić information content (AvgIpc) is 2.41. The van der Waals surface area contributed by atoms with E-state index in [1.165, 1.54) is 0 Å². The van der Waals surface area contributed by atoms with Crippen molar-refractivity contribution in [2.45, 2.75) is 19.8 Å². The first-order chi connectivity index (χ1) is 9.38. The molecular formula is C12H17N3O4S. The lowest BCUT2D eigenvalue weighted by Crippen LogP contribution is -2.44. The molecule has 1 aliphatic heterocycles. The highest BCUT2D eigenvalue weighted by atomic mass is 32.2. The van der Waals surface area contributed by atoms with Crippen LogP contribution in [0.15, 0.2) is 18.3 Å². The number of aryl methyl sites for hydroxylation is 1. The molecule has 0 aliphatic carbocycles. The number of nitrogens with zero attached hydrogens (tertiary/aromatic N) is 2. The molecule has 0 saturated carbocycles. The molecule has 0 amide bonds. The molecule has 8 heteroatoms. The number of hydrogen-bond acceptors (Lipinski definition) is 4. The second kappa shape index (κ2) is 5.76. The van der Waals surface area contributed by atoms with Gasteiger partial charge in [0.1, 0.15) is 5.82 Å². The maximum atomic E-state index is 12.2. The van der Waals surface area contributed by atoms with Crippen LogP contribution in [-0.4, -0.2) is 41.9 Å². The molecule has 2 N–H and O–H groups in total. The van der Waals surface area contributed by atoms with E-state index in [-0.39, 0.29) is 12.4 Å². The molecule has 0 bridgehead atoms. The molecule has 20 heavy (non-hydrogen) atoms. The zero-order chi connectivity index (χ0) is 14.8. The molecule has 2 rings (SSSR count). The minimum absolute atomic E-state index is 0.00344. The molecule has 0 spiro atoms. The van der Waals surface area contributed by atoms with Gasteiger partial charge in [0.05, 0.1) is 5.92 Å². The summed E-state index contributed by atoms with van der Waals surface area (Å²) in [5.74, 6) is -1.38. The zero-order valence-electron chi connectivity index (χ0n) is 11.1. The molecule has 0 aromatic carbocycles. The van der Waals surface area contributed by atoms with E-state index in [0.717, 1.165) is 9.87 Å². The Hall–Kier alpha value is -1.67. The van der Waals surface area contributed by atoms with Gasteiger partial charge in [0.2, 0.25) is 0 Å². The summed E-state index contributed by atoms with van der Waals surface area (Å²) >= 11 is 0. The fourth-order valence-corrected chi connectivity index (χ4v) is 3.35. The summed E-state index contributed by atoms with van der Waals surface area (Å²) in [6.45, 7) is 2.18. The first kappa shape index (κ1) is 14.7. The summed E-state index contributed by atoms with van der Waals surface area (Å²) in [7, 11) is -3.76. The molecule has 1 aromatic rings. The molecular weight excluding hydrogens is 282 g/mol. The van der Waals surface area contributed by atoms with Gasteiger partial charge in [0.15, 0.2) is 0 Å². The lowest BCUT2D eigenvalue weighted by molar-refractivity contribution is -0.142. The number of carboxylic acids is 1. The Labute approximate surface area is 117 Å². The van der Waals surface area contributed by atoms with Crippen LogP contribution in [0.2, 0.25) is 0 Å². The molecule has 1 unspecified atom stereocenters. The molecule has 1 aliphatic rings. The number of anilines is 1. The summed E-state index contributed by atoms with van der Waals surface area (Å²) in [6, 6.07) is 3.33. The van der Waals surface area contributed by atoms with Crippen molar-refractivity contribution in [2.75, 3.05) is 17.8 Å². The number of carboxylic acid groups (broad SMARTS) is 1. The van der Waals surface area contributed by atoms with Crippen LogP contribution in [0.3, 0.4) is 0 Å². The molecule has 1 fully saturated rings. The third-order valence-electron chi connectivity index (χ3n) is 3.22. The largest absolute Gasteiger partial charge is 0.481 e. The fourth-order valence-electron chi connectivity index (χ4n) is 2.09. The standard InChI is InChI=1S/C12H17N3O4S/c1-9-4-5-11(13-7-9)14-20(18,19)15-6-2-3-10(8-15)12(16)17/h4-5,7,10H,2-3,6,8H2,1H3,(H,13,14)(H,16,17). The highest BCUT2D eigenvalue weighted by molar-refractivity contribution is 7.90. The molecule has 0 radical (unpaired) electrons. The van der Waals surface area contributed by atoms with E-state index in [2.05, 4.69) is 9.71 Å². The second-order valence-corrected chi connectivity index (χ2v) is 6.53. The summed E-state index contributed by atoms with van der Waals surface area (Å²) in [4.78, 5) is 14.9. The Morgan fingerprint density at radius 3 is 2.85 bits per heavy atom. The van der Waals surface area contributed by atoms with Gasteiger partial charge in [-0.15, -0.1) is 0 Å². The maximum absolute atomic E-state index is 12.2. The number of rotatable bonds is 4. The molecule has 1 saturated heterocycles. The molecule has 110 valence electrons. The van der Waals surface area contributed by atoms with Gasteiger partial charge in [-0.3, -0.25) is 9.52 Å². The highest BCUT2D eigenvalue weighted by Crippen LogP contribution is 2.20. The molecule has 1 atom stereocenters. The van der Waals surface area contributed by atoms with E-state index in [1.54, 1.807) is 18.3 Å². The zero-order valence-corrected chi connectivity index (χ0v) is 11.9. The summed E-state index contributed by atoms with van der Waals surface area (Å²) in [5.41, 5.74) is 0.928. The van der Waals surface area contributed by atoms with Crippen molar-refractivity contribution in [1.29, 1.82) is 0 Å². The van der Waals surface area contributed by atoms with Crippen LogP contribution in [0.4, 0.5) is 5.82 Å². The lowest BCUT2D eigenvalue weighted by atomic mass is 10.0. The van der Waals surface area contributed by atoms with Gasteiger partial charge in [-0.1, -0.05) is 6.07 Å². The topological polar surface area (TPSA) is 99.6 Å². The minimum Gasteiger partial charge on any atom is -0.481 e. The Kier molecular flexibility index (Phi) is 4.24.